The minimum Gasteiger partial charge on any atom is -0.396 e. The molecule has 1 amide bonds. The summed E-state index contributed by atoms with van der Waals surface area (Å²) < 4.78 is 0. The summed E-state index contributed by atoms with van der Waals surface area (Å²) in [6, 6.07) is 0. The number of thioether (sulfide) groups is 1. The number of nitrogens with one attached hydrogen (secondary N) is 2. The molecule has 0 aliphatic carbocycles. The van der Waals surface area contributed by atoms with Crippen molar-refractivity contribution in [1.29, 1.82) is 0 Å². The van der Waals surface area contributed by atoms with Crippen LogP contribution in [0.4, 0.5) is 10.7 Å². The molecule has 0 unspecified atom stereocenters. The van der Waals surface area contributed by atoms with E-state index in [2.05, 4.69) is 24.1 Å². The van der Waals surface area contributed by atoms with Gasteiger partial charge in [0.1, 0.15) is 9.88 Å². The number of hydrogen-bond donors (Lipinski definition) is 3. The van der Waals surface area contributed by atoms with Gasteiger partial charge in [-0.15, -0.1) is 29.7 Å². The van der Waals surface area contributed by atoms with E-state index in [1.54, 1.807) is 17.8 Å². The third kappa shape index (κ3) is 4.18. The van der Waals surface area contributed by atoms with Crippen molar-refractivity contribution in [2.75, 3.05) is 30.4 Å². The van der Waals surface area contributed by atoms with E-state index in [-0.39, 0.29) is 5.91 Å². The predicted octanol–water partition coefficient (Wildman–Crippen LogP) is 3.18. The second-order valence-corrected chi connectivity index (χ2v) is 5.82. The van der Waals surface area contributed by atoms with Gasteiger partial charge in [-0.05, 0) is 12.7 Å². The number of rotatable bonds is 8. The first-order chi connectivity index (χ1) is 9.15. The summed E-state index contributed by atoms with van der Waals surface area (Å²) in [6.45, 7) is 7.07. The average Bonchev–Trinajstić information content (AvgIpc) is 2.72. The lowest BCUT2D eigenvalue weighted by atomic mass is 10.3. The van der Waals surface area contributed by atoms with Gasteiger partial charge in [0.05, 0.1) is 10.6 Å². The number of carbonyl (C=O) groups is 1. The maximum Gasteiger partial charge on any atom is 0.263 e. The van der Waals surface area contributed by atoms with Gasteiger partial charge in [-0.25, -0.2) is 0 Å². The highest BCUT2D eigenvalue weighted by atomic mass is 32.2. The zero-order chi connectivity index (χ0) is 14.3. The van der Waals surface area contributed by atoms with Crippen LogP contribution in [0.5, 0.6) is 0 Å². The molecule has 0 saturated carbocycles. The van der Waals surface area contributed by atoms with E-state index in [0.717, 1.165) is 29.3 Å². The van der Waals surface area contributed by atoms with Crippen molar-refractivity contribution in [1.82, 2.24) is 5.32 Å². The molecule has 106 valence electrons. The van der Waals surface area contributed by atoms with E-state index in [4.69, 9.17) is 5.73 Å². The van der Waals surface area contributed by atoms with Gasteiger partial charge >= 0.3 is 0 Å². The Bertz CT molecular complexity index is 443. The molecule has 0 bridgehead atoms. The van der Waals surface area contributed by atoms with Crippen LogP contribution in [-0.4, -0.2) is 25.3 Å². The summed E-state index contributed by atoms with van der Waals surface area (Å²) >= 11 is 2.98. The van der Waals surface area contributed by atoms with Gasteiger partial charge < -0.3 is 16.4 Å². The fraction of sp³-hybridized carbons (Fsp3) is 0.462. The van der Waals surface area contributed by atoms with Gasteiger partial charge in [0, 0.05) is 13.1 Å². The Morgan fingerprint density at radius 1 is 1.58 bits per heavy atom. The molecule has 4 N–H and O–H groups in total. The van der Waals surface area contributed by atoms with E-state index in [1.807, 2.05) is 6.26 Å². The highest BCUT2D eigenvalue weighted by Gasteiger charge is 2.19. The number of anilines is 2. The molecule has 1 heterocycles. The lowest BCUT2D eigenvalue weighted by molar-refractivity contribution is 0.0963. The van der Waals surface area contributed by atoms with Gasteiger partial charge in [0.15, 0.2) is 0 Å². The van der Waals surface area contributed by atoms with Crippen molar-refractivity contribution in [3.8, 4) is 0 Å². The summed E-state index contributed by atoms with van der Waals surface area (Å²) in [5.41, 5.74) is 6.62. The molecule has 1 rings (SSSR count). The Kier molecular flexibility index (Phi) is 6.80. The maximum absolute atomic E-state index is 12.0. The highest BCUT2D eigenvalue weighted by Crippen LogP contribution is 2.41. The minimum absolute atomic E-state index is 0.138. The Labute approximate surface area is 122 Å². The smallest absolute Gasteiger partial charge is 0.263 e. The molecule has 0 aromatic carbocycles. The van der Waals surface area contributed by atoms with Crippen molar-refractivity contribution >= 4 is 39.7 Å². The fourth-order valence-corrected chi connectivity index (χ4v) is 3.52. The number of hydrogen-bond acceptors (Lipinski definition) is 5. The molecule has 0 radical (unpaired) electrons. The first-order valence-electron chi connectivity index (χ1n) is 6.24. The first kappa shape index (κ1) is 15.9. The van der Waals surface area contributed by atoms with Crippen LogP contribution in [0.3, 0.4) is 0 Å². The molecule has 0 spiro atoms. The number of nitrogen functional groups attached to an aromatic ring is 1. The van der Waals surface area contributed by atoms with Crippen molar-refractivity contribution < 1.29 is 4.79 Å². The molecule has 0 aliphatic rings. The number of thiophene rings is 1. The van der Waals surface area contributed by atoms with E-state index in [0.29, 0.717) is 17.1 Å². The number of nitrogens with two attached hydrogens (primary N) is 1. The quantitative estimate of drug-likeness (QED) is 0.392. The summed E-state index contributed by atoms with van der Waals surface area (Å²) in [5, 5.41) is 7.10. The van der Waals surface area contributed by atoms with E-state index >= 15 is 0 Å². The van der Waals surface area contributed by atoms with Crippen LogP contribution in [0.15, 0.2) is 17.6 Å². The topological polar surface area (TPSA) is 67.2 Å². The van der Waals surface area contributed by atoms with Gasteiger partial charge in [0.2, 0.25) is 0 Å². The van der Waals surface area contributed by atoms with E-state index in [1.165, 1.54) is 11.3 Å². The van der Waals surface area contributed by atoms with Crippen molar-refractivity contribution in [2.45, 2.75) is 24.7 Å². The molecule has 1 aromatic rings. The second-order valence-electron chi connectivity index (χ2n) is 3.99. The largest absolute Gasteiger partial charge is 0.396 e. The highest BCUT2D eigenvalue weighted by molar-refractivity contribution is 7.99. The molecule has 0 saturated heterocycles. The van der Waals surface area contributed by atoms with Crippen LogP contribution in [0.2, 0.25) is 0 Å². The zero-order valence-electron chi connectivity index (χ0n) is 11.4. The Balaban J connectivity index is 2.87. The van der Waals surface area contributed by atoms with E-state index in [9.17, 15) is 4.79 Å². The Morgan fingerprint density at radius 2 is 2.32 bits per heavy atom. The standard InChI is InChI=1S/C13H21N3OS2/c1-4-6-8-16-13-11(18-3)9(14)10(19-13)12(17)15-7-5-2/h5,16H,2,4,6-8,14H2,1,3H3,(H,15,17). The Hall–Kier alpha value is -1.14. The van der Waals surface area contributed by atoms with Gasteiger partial charge in [-0.1, -0.05) is 19.4 Å². The van der Waals surface area contributed by atoms with Crippen molar-refractivity contribution in [2.24, 2.45) is 0 Å². The lowest BCUT2D eigenvalue weighted by Crippen LogP contribution is -2.23. The third-order valence-electron chi connectivity index (χ3n) is 2.53. The van der Waals surface area contributed by atoms with Crippen molar-refractivity contribution in [3.05, 3.63) is 17.5 Å². The maximum atomic E-state index is 12.0. The summed E-state index contributed by atoms with van der Waals surface area (Å²) in [7, 11) is 0. The van der Waals surface area contributed by atoms with Gasteiger partial charge in [-0.3, -0.25) is 4.79 Å². The van der Waals surface area contributed by atoms with E-state index < -0.39 is 0 Å². The molecular weight excluding hydrogens is 278 g/mol. The van der Waals surface area contributed by atoms with Crippen LogP contribution >= 0.6 is 23.1 Å². The molecule has 0 aliphatic heterocycles. The molecule has 6 heteroatoms. The van der Waals surface area contributed by atoms with Crippen LogP contribution in [0.25, 0.3) is 0 Å². The number of amides is 1. The van der Waals surface area contributed by atoms with Gasteiger partial charge in [-0.2, -0.15) is 0 Å². The molecule has 1 aromatic heterocycles. The van der Waals surface area contributed by atoms with Crippen LogP contribution in [-0.2, 0) is 0 Å². The lowest BCUT2D eigenvalue weighted by Gasteiger charge is -2.04. The van der Waals surface area contributed by atoms with Crippen LogP contribution < -0.4 is 16.4 Å². The van der Waals surface area contributed by atoms with Crippen LogP contribution in [0, 0.1) is 0 Å². The summed E-state index contributed by atoms with van der Waals surface area (Å²) in [5.74, 6) is -0.138. The third-order valence-corrected chi connectivity index (χ3v) is 4.66. The van der Waals surface area contributed by atoms with Gasteiger partial charge in [0.25, 0.3) is 5.91 Å². The van der Waals surface area contributed by atoms with Crippen LogP contribution in [0.1, 0.15) is 29.4 Å². The summed E-state index contributed by atoms with van der Waals surface area (Å²) in [6.07, 6.45) is 5.85. The average molecular weight is 299 g/mol. The monoisotopic (exact) mass is 299 g/mol. The number of carbonyl (C=O) groups excluding carboxylic acids is 1. The molecule has 0 fully saturated rings. The molecular formula is C13H21N3OS2. The summed E-state index contributed by atoms with van der Waals surface area (Å²) in [4.78, 5) is 13.5. The normalized spacial score (nSPS) is 10.2. The molecule has 19 heavy (non-hydrogen) atoms. The zero-order valence-corrected chi connectivity index (χ0v) is 13.0. The first-order valence-corrected chi connectivity index (χ1v) is 8.29. The molecule has 0 atom stereocenters. The fourth-order valence-electron chi connectivity index (χ4n) is 1.54. The minimum atomic E-state index is -0.138. The second kappa shape index (κ2) is 8.12. The molecule has 4 nitrogen and oxygen atoms in total. The van der Waals surface area contributed by atoms with Crippen molar-refractivity contribution in [3.63, 3.8) is 0 Å². The predicted molar refractivity (Wildman–Crippen MR) is 86.4 cm³/mol. The Morgan fingerprint density at radius 3 is 2.89 bits per heavy atom. The number of unbranched alkanes of at least 4 members (excludes halogenated alkanes) is 1. The SMILES string of the molecule is C=CCNC(=O)c1sc(NCCCC)c(SC)c1N.